The van der Waals surface area contributed by atoms with E-state index < -0.39 is 0 Å². The molecule has 0 unspecified atom stereocenters. The second-order valence-corrected chi connectivity index (χ2v) is 5.52. The zero-order chi connectivity index (χ0) is 15.8. The van der Waals surface area contributed by atoms with Crippen LogP contribution in [0, 0.1) is 0 Å². The Bertz CT molecular complexity index is 609. The molecule has 0 bridgehead atoms. The van der Waals surface area contributed by atoms with Gasteiger partial charge in [-0.2, -0.15) is 11.3 Å². The lowest BCUT2D eigenvalue weighted by atomic mass is 10.2. The molecule has 2 aromatic rings. The molecule has 116 valence electrons. The lowest BCUT2D eigenvalue weighted by Crippen LogP contribution is -2.17. The van der Waals surface area contributed by atoms with Gasteiger partial charge in [-0.05, 0) is 53.1 Å². The summed E-state index contributed by atoms with van der Waals surface area (Å²) < 4.78 is 4.74. The Morgan fingerprint density at radius 2 is 1.68 bits per heavy atom. The Morgan fingerprint density at radius 3 is 2.23 bits per heavy atom. The molecular weight excluding hydrogens is 300 g/mol. The molecule has 22 heavy (non-hydrogen) atoms. The molecule has 0 radical (unpaired) electrons. The summed E-state index contributed by atoms with van der Waals surface area (Å²) in [5, 5.41) is 9.58. The molecule has 0 saturated carbocycles. The fourth-order valence-electron chi connectivity index (χ4n) is 1.88. The number of anilines is 2. The molecule has 0 spiro atoms. The van der Waals surface area contributed by atoms with Gasteiger partial charge in [0.1, 0.15) is 6.61 Å². The van der Waals surface area contributed by atoms with E-state index in [0.717, 1.165) is 6.42 Å². The summed E-state index contributed by atoms with van der Waals surface area (Å²) in [6, 6.07) is 9.01. The number of methoxy groups -OCH3 is 1. The second kappa shape index (κ2) is 8.31. The van der Waals surface area contributed by atoms with E-state index >= 15 is 0 Å². The van der Waals surface area contributed by atoms with Crippen LogP contribution in [-0.4, -0.2) is 25.5 Å². The van der Waals surface area contributed by atoms with E-state index in [9.17, 15) is 9.59 Å². The van der Waals surface area contributed by atoms with Crippen LogP contribution >= 0.6 is 11.3 Å². The van der Waals surface area contributed by atoms with Gasteiger partial charge < -0.3 is 15.4 Å². The summed E-state index contributed by atoms with van der Waals surface area (Å²) in [6.07, 6.45) is 1.18. The summed E-state index contributed by atoms with van der Waals surface area (Å²) in [5.41, 5.74) is 2.55. The molecule has 1 aromatic carbocycles. The molecule has 2 N–H and O–H groups in total. The molecule has 1 aromatic heterocycles. The quantitative estimate of drug-likeness (QED) is 0.825. The van der Waals surface area contributed by atoms with Crippen molar-refractivity contribution in [1.82, 2.24) is 0 Å². The van der Waals surface area contributed by atoms with Gasteiger partial charge in [-0.3, -0.25) is 9.59 Å². The first-order valence-corrected chi connectivity index (χ1v) is 7.81. The van der Waals surface area contributed by atoms with Crippen molar-refractivity contribution in [3.8, 4) is 0 Å². The number of carbonyl (C=O) groups excluding carboxylic acids is 2. The van der Waals surface area contributed by atoms with Gasteiger partial charge in [-0.1, -0.05) is 0 Å². The predicted molar refractivity (Wildman–Crippen MR) is 88.2 cm³/mol. The third kappa shape index (κ3) is 5.31. The average Bonchev–Trinajstić information content (AvgIpc) is 3.01. The zero-order valence-corrected chi connectivity index (χ0v) is 13.1. The number of rotatable bonds is 7. The maximum atomic E-state index is 11.9. The maximum Gasteiger partial charge on any atom is 0.250 e. The van der Waals surface area contributed by atoms with Crippen LogP contribution in [0.3, 0.4) is 0 Å². The van der Waals surface area contributed by atoms with Crippen molar-refractivity contribution >= 4 is 34.5 Å². The van der Waals surface area contributed by atoms with E-state index in [2.05, 4.69) is 10.6 Å². The predicted octanol–water partition coefficient (Wildman–Crippen LogP) is 2.90. The van der Waals surface area contributed by atoms with Crippen LogP contribution < -0.4 is 10.6 Å². The minimum atomic E-state index is -0.213. The number of benzene rings is 1. The molecule has 0 saturated heterocycles. The van der Waals surface area contributed by atoms with E-state index in [1.807, 2.05) is 16.8 Å². The van der Waals surface area contributed by atoms with Gasteiger partial charge in [0, 0.05) is 24.9 Å². The minimum Gasteiger partial charge on any atom is -0.375 e. The lowest BCUT2D eigenvalue weighted by molar-refractivity contribution is -0.119. The molecule has 2 rings (SSSR count). The largest absolute Gasteiger partial charge is 0.375 e. The number of carbonyl (C=O) groups is 2. The van der Waals surface area contributed by atoms with Gasteiger partial charge in [0.15, 0.2) is 0 Å². The number of amides is 2. The highest BCUT2D eigenvalue weighted by Gasteiger charge is 2.05. The molecule has 0 fully saturated rings. The Morgan fingerprint density at radius 1 is 1.05 bits per heavy atom. The molecule has 0 aliphatic carbocycles. The van der Waals surface area contributed by atoms with Crippen molar-refractivity contribution < 1.29 is 14.3 Å². The van der Waals surface area contributed by atoms with Crippen molar-refractivity contribution in [2.75, 3.05) is 24.4 Å². The number of hydrogen-bond donors (Lipinski definition) is 2. The smallest absolute Gasteiger partial charge is 0.250 e. The van der Waals surface area contributed by atoms with E-state index in [1.165, 1.54) is 12.7 Å². The van der Waals surface area contributed by atoms with Crippen LogP contribution in [0.25, 0.3) is 0 Å². The van der Waals surface area contributed by atoms with Crippen LogP contribution in [0.1, 0.15) is 12.0 Å². The third-order valence-electron chi connectivity index (χ3n) is 2.95. The number of hydrogen-bond acceptors (Lipinski definition) is 4. The standard InChI is InChI=1S/C16H18N2O3S/c1-21-10-16(20)18-14-5-3-13(4-6-14)17-15(19)7-2-12-8-9-22-11-12/h3-6,8-9,11H,2,7,10H2,1H3,(H,17,19)(H,18,20). The van der Waals surface area contributed by atoms with Gasteiger partial charge in [0.2, 0.25) is 11.8 Å². The summed E-state index contributed by atoms with van der Waals surface area (Å²) in [4.78, 5) is 23.2. The fraction of sp³-hybridized carbons (Fsp3) is 0.250. The van der Waals surface area contributed by atoms with Gasteiger partial charge >= 0.3 is 0 Å². The Balaban J connectivity index is 1.80. The number of nitrogens with one attached hydrogen (secondary N) is 2. The highest BCUT2D eigenvalue weighted by molar-refractivity contribution is 7.07. The first-order valence-electron chi connectivity index (χ1n) is 6.87. The van der Waals surface area contributed by atoms with Crippen LogP contribution in [0.5, 0.6) is 0 Å². The zero-order valence-electron chi connectivity index (χ0n) is 12.3. The minimum absolute atomic E-state index is 0.0150. The Hall–Kier alpha value is -2.18. The SMILES string of the molecule is COCC(=O)Nc1ccc(NC(=O)CCc2ccsc2)cc1. The lowest BCUT2D eigenvalue weighted by Gasteiger charge is -2.07. The van der Waals surface area contributed by atoms with Crippen LogP contribution in [0.15, 0.2) is 41.1 Å². The molecule has 5 nitrogen and oxygen atoms in total. The summed E-state index contributed by atoms with van der Waals surface area (Å²) in [6.45, 7) is 0.0150. The third-order valence-corrected chi connectivity index (χ3v) is 3.68. The maximum absolute atomic E-state index is 11.9. The van der Waals surface area contributed by atoms with Crippen molar-refractivity contribution in [2.45, 2.75) is 12.8 Å². The van der Waals surface area contributed by atoms with E-state index in [-0.39, 0.29) is 18.4 Å². The summed E-state index contributed by atoms with van der Waals surface area (Å²) in [7, 11) is 1.47. The number of ether oxygens (including phenoxy) is 1. The highest BCUT2D eigenvalue weighted by Crippen LogP contribution is 2.14. The summed E-state index contributed by atoms with van der Waals surface area (Å²) >= 11 is 1.63. The van der Waals surface area contributed by atoms with Gasteiger partial charge in [0.05, 0.1) is 0 Å². The van der Waals surface area contributed by atoms with Crippen molar-refractivity contribution in [2.24, 2.45) is 0 Å². The Kier molecular flexibility index (Phi) is 6.12. The van der Waals surface area contributed by atoms with Crippen LogP contribution in [0.2, 0.25) is 0 Å². The normalized spacial score (nSPS) is 10.2. The van der Waals surface area contributed by atoms with Crippen LogP contribution in [0.4, 0.5) is 11.4 Å². The van der Waals surface area contributed by atoms with E-state index in [1.54, 1.807) is 35.6 Å². The molecule has 6 heteroatoms. The molecular formula is C16H18N2O3S. The van der Waals surface area contributed by atoms with Crippen molar-refractivity contribution in [3.05, 3.63) is 46.7 Å². The van der Waals surface area contributed by atoms with Crippen molar-refractivity contribution in [1.29, 1.82) is 0 Å². The van der Waals surface area contributed by atoms with E-state index in [0.29, 0.717) is 17.8 Å². The number of thiophene rings is 1. The molecule has 0 aliphatic rings. The van der Waals surface area contributed by atoms with Crippen molar-refractivity contribution in [3.63, 3.8) is 0 Å². The van der Waals surface area contributed by atoms with Gasteiger partial charge in [-0.25, -0.2) is 0 Å². The molecule has 0 atom stereocenters. The second-order valence-electron chi connectivity index (χ2n) is 4.74. The topological polar surface area (TPSA) is 67.4 Å². The molecule has 0 aliphatic heterocycles. The summed E-state index contributed by atoms with van der Waals surface area (Å²) in [5.74, 6) is -0.239. The number of aryl methyl sites for hydroxylation is 1. The monoisotopic (exact) mass is 318 g/mol. The van der Waals surface area contributed by atoms with Gasteiger partial charge in [0.25, 0.3) is 0 Å². The molecule has 1 heterocycles. The average molecular weight is 318 g/mol. The fourth-order valence-corrected chi connectivity index (χ4v) is 2.58. The first-order chi connectivity index (χ1) is 10.7. The first kappa shape index (κ1) is 16.2. The van der Waals surface area contributed by atoms with Crippen LogP contribution in [-0.2, 0) is 20.7 Å². The van der Waals surface area contributed by atoms with E-state index in [4.69, 9.17) is 4.74 Å². The Labute approximate surface area is 133 Å². The molecule has 2 amide bonds. The van der Waals surface area contributed by atoms with Gasteiger partial charge in [-0.15, -0.1) is 0 Å². The highest BCUT2D eigenvalue weighted by atomic mass is 32.1.